The smallest absolute Gasteiger partial charge is 0.291 e. The van der Waals surface area contributed by atoms with Gasteiger partial charge < -0.3 is 16.4 Å². The Kier molecular flexibility index (Phi) is 2.03. The molecule has 2 rings (SSSR count). The van der Waals surface area contributed by atoms with E-state index in [0.29, 0.717) is 13.0 Å². The fourth-order valence-electron chi connectivity index (χ4n) is 1.43. The number of likely N-dealkylation sites (tertiary alicyclic amines) is 1. The van der Waals surface area contributed by atoms with Crippen molar-refractivity contribution < 1.29 is 9.59 Å². The van der Waals surface area contributed by atoms with Gasteiger partial charge in [-0.25, -0.2) is 0 Å². The summed E-state index contributed by atoms with van der Waals surface area (Å²) in [6.45, 7) is 0.493. The number of H-pyrrole nitrogens is 1. The standard InChI is InChI=1S/C7H10N6O2/c8-4(14)3-1-2-13(3)6(15)5-10-7(9)12-11-5/h3H,1-2H2,(H2,8,14)(H3,9,10,11,12). The van der Waals surface area contributed by atoms with Gasteiger partial charge in [0.05, 0.1) is 0 Å². The van der Waals surface area contributed by atoms with Gasteiger partial charge in [-0.3, -0.25) is 14.7 Å². The van der Waals surface area contributed by atoms with Crippen molar-refractivity contribution in [3.05, 3.63) is 5.82 Å². The van der Waals surface area contributed by atoms with Crippen LogP contribution in [-0.4, -0.2) is 44.5 Å². The molecule has 1 saturated heterocycles. The van der Waals surface area contributed by atoms with Gasteiger partial charge in [-0.2, -0.15) is 4.98 Å². The highest BCUT2D eigenvalue weighted by atomic mass is 16.2. The first-order valence-corrected chi connectivity index (χ1v) is 4.37. The first kappa shape index (κ1) is 9.44. The van der Waals surface area contributed by atoms with Gasteiger partial charge in [-0.15, -0.1) is 5.10 Å². The third-order valence-corrected chi connectivity index (χ3v) is 2.31. The van der Waals surface area contributed by atoms with E-state index in [-0.39, 0.29) is 11.8 Å². The number of amides is 2. The minimum absolute atomic E-state index is 0.00509. The normalized spacial score (nSPS) is 19.7. The van der Waals surface area contributed by atoms with Crippen LogP contribution in [0.1, 0.15) is 17.0 Å². The van der Waals surface area contributed by atoms with Crippen molar-refractivity contribution in [2.75, 3.05) is 12.3 Å². The minimum Gasteiger partial charge on any atom is -0.368 e. The summed E-state index contributed by atoms with van der Waals surface area (Å²) in [7, 11) is 0. The number of nitrogens with two attached hydrogens (primary N) is 2. The predicted octanol–water partition coefficient (Wildman–Crippen LogP) is -1.91. The molecular formula is C7H10N6O2. The average molecular weight is 210 g/mol. The van der Waals surface area contributed by atoms with Crippen LogP contribution in [0.5, 0.6) is 0 Å². The number of carbonyl (C=O) groups excluding carboxylic acids is 2. The maximum absolute atomic E-state index is 11.7. The Morgan fingerprint density at radius 3 is 2.67 bits per heavy atom. The van der Waals surface area contributed by atoms with Gasteiger partial charge >= 0.3 is 0 Å². The molecule has 0 bridgehead atoms. The lowest BCUT2D eigenvalue weighted by atomic mass is 10.0. The molecule has 2 heterocycles. The molecule has 8 nitrogen and oxygen atoms in total. The highest BCUT2D eigenvalue weighted by molar-refractivity contribution is 5.95. The van der Waals surface area contributed by atoms with Gasteiger partial charge in [0.2, 0.25) is 17.7 Å². The number of nitrogens with zero attached hydrogens (tertiary/aromatic N) is 3. The maximum atomic E-state index is 11.7. The molecule has 1 atom stereocenters. The van der Waals surface area contributed by atoms with Crippen LogP contribution in [0.2, 0.25) is 0 Å². The summed E-state index contributed by atoms with van der Waals surface area (Å²) in [5.41, 5.74) is 10.4. The Morgan fingerprint density at radius 1 is 1.53 bits per heavy atom. The number of nitrogen functional groups attached to an aromatic ring is 1. The van der Waals surface area contributed by atoms with E-state index >= 15 is 0 Å². The molecule has 1 unspecified atom stereocenters. The van der Waals surface area contributed by atoms with Crippen LogP contribution in [-0.2, 0) is 4.79 Å². The first-order chi connectivity index (χ1) is 7.09. The molecule has 15 heavy (non-hydrogen) atoms. The Bertz CT molecular complexity index is 413. The number of aromatic amines is 1. The van der Waals surface area contributed by atoms with E-state index in [1.165, 1.54) is 4.90 Å². The Labute approximate surface area is 84.6 Å². The second-order valence-corrected chi connectivity index (χ2v) is 3.25. The Hall–Kier alpha value is -2.12. The quantitative estimate of drug-likeness (QED) is 0.524. The van der Waals surface area contributed by atoms with Crippen LogP contribution >= 0.6 is 0 Å². The summed E-state index contributed by atoms with van der Waals surface area (Å²) in [5, 5.41) is 5.91. The van der Waals surface area contributed by atoms with E-state index in [1.807, 2.05) is 0 Å². The third kappa shape index (κ3) is 1.49. The SMILES string of the molecule is NC(=O)C1CCN1C(=O)c1nc(N)n[nH]1. The highest BCUT2D eigenvalue weighted by Gasteiger charge is 2.37. The van der Waals surface area contributed by atoms with Crippen molar-refractivity contribution in [2.24, 2.45) is 5.73 Å². The molecule has 1 aromatic heterocycles. The zero-order valence-corrected chi connectivity index (χ0v) is 7.80. The van der Waals surface area contributed by atoms with Crippen molar-refractivity contribution in [2.45, 2.75) is 12.5 Å². The number of anilines is 1. The molecule has 5 N–H and O–H groups in total. The number of rotatable bonds is 2. The van der Waals surface area contributed by atoms with E-state index in [2.05, 4.69) is 15.2 Å². The summed E-state index contributed by atoms with van der Waals surface area (Å²) in [6, 6.07) is -0.538. The molecule has 1 aliphatic rings. The molecule has 1 aliphatic heterocycles. The summed E-state index contributed by atoms with van der Waals surface area (Å²) < 4.78 is 0. The first-order valence-electron chi connectivity index (χ1n) is 4.37. The van der Waals surface area contributed by atoms with Gasteiger partial charge in [0.1, 0.15) is 6.04 Å². The van der Waals surface area contributed by atoms with Gasteiger partial charge in [0, 0.05) is 6.54 Å². The summed E-state index contributed by atoms with van der Waals surface area (Å²) in [5.74, 6) is -0.899. The van der Waals surface area contributed by atoms with Gasteiger partial charge in [-0.1, -0.05) is 0 Å². The van der Waals surface area contributed by atoms with Crippen LogP contribution < -0.4 is 11.5 Å². The minimum atomic E-state index is -0.538. The lowest BCUT2D eigenvalue weighted by Crippen LogP contribution is -2.57. The number of hydrogen-bond acceptors (Lipinski definition) is 5. The van der Waals surface area contributed by atoms with Crippen molar-refractivity contribution in [1.29, 1.82) is 0 Å². The van der Waals surface area contributed by atoms with Crippen LogP contribution in [0.3, 0.4) is 0 Å². The van der Waals surface area contributed by atoms with Crippen LogP contribution in [0.25, 0.3) is 0 Å². The molecule has 0 spiro atoms. The van der Waals surface area contributed by atoms with E-state index in [0.717, 1.165) is 0 Å². The van der Waals surface area contributed by atoms with Gasteiger partial charge in [0.25, 0.3) is 5.91 Å². The molecule has 0 aromatic carbocycles. The van der Waals surface area contributed by atoms with Crippen LogP contribution in [0.15, 0.2) is 0 Å². The van der Waals surface area contributed by atoms with Gasteiger partial charge in [-0.05, 0) is 6.42 Å². The lowest BCUT2D eigenvalue weighted by Gasteiger charge is -2.37. The maximum Gasteiger partial charge on any atom is 0.291 e. The Morgan fingerprint density at radius 2 is 2.27 bits per heavy atom. The number of aromatic nitrogens is 3. The fraction of sp³-hybridized carbons (Fsp3) is 0.429. The van der Waals surface area contributed by atoms with E-state index in [4.69, 9.17) is 11.5 Å². The van der Waals surface area contributed by atoms with Crippen LogP contribution in [0.4, 0.5) is 5.95 Å². The van der Waals surface area contributed by atoms with E-state index < -0.39 is 17.9 Å². The van der Waals surface area contributed by atoms with Gasteiger partial charge in [0.15, 0.2) is 0 Å². The zero-order chi connectivity index (χ0) is 11.0. The predicted molar refractivity (Wildman–Crippen MR) is 49.4 cm³/mol. The monoisotopic (exact) mass is 210 g/mol. The van der Waals surface area contributed by atoms with Crippen molar-refractivity contribution in [3.63, 3.8) is 0 Å². The Balaban J connectivity index is 2.12. The second kappa shape index (κ2) is 3.23. The molecule has 2 amide bonds. The van der Waals surface area contributed by atoms with Crippen molar-refractivity contribution in [3.8, 4) is 0 Å². The largest absolute Gasteiger partial charge is 0.368 e. The van der Waals surface area contributed by atoms with Crippen molar-refractivity contribution >= 4 is 17.8 Å². The molecular weight excluding hydrogens is 200 g/mol. The fourth-order valence-corrected chi connectivity index (χ4v) is 1.43. The average Bonchev–Trinajstić information content (AvgIpc) is 2.48. The summed E-state index contributed by atoms with van der Waals surface area (Å²) in [4.78, 5) is 27.6. The molecule has 1 fully saturated rings. The van der Waals surface area contributed by atoms with E-state index in [9.17, 15) is 9.59 Å². The second-order valence-electron chi connectivity index (χ2n) is 3.25. The summed E-state index contributed by atoms with van der Waals surface area (Å²) in [6.07, 6.45) is 0.588. The molecule has 80 valence electrons. The molecule has 0 radical (unpaired) electrons. The number of carbonyl (C=O) groups is 2. The molecule has 0 saturated carbocycles. The number of nitrogens with one attached hydrogen (secondary N) is 1. The molecule has 8 heteroatoms. The molecule has 1 aromatic rings. The number of hydrogen-bond donors (Lipinski definition) is 3. The van der Waals surface area contributed by atoms with Crippen LogP contribution in [0, 0.1) is 0 Å². The summed E-state index contributed by atoms with van der Waals surface area (Å²) >= 11 is 0. The topological polar surface area (TPSA) is 131 Å². The van der Waals surface area contributed by atoms with E-state index in [1.54, 1.807) is 0 Å². The lowest BCUT2D eigenvalue weighted by molar-refractivity contribution is -0.125. The highest BCUT2D eigenvalue weighted by Crippen LogP contribution is 2.18. The molecule has 0 aliphatic carbocycles. The zero-order valence-electron chi connectivity index (χ0n) is 7.80. The number of primary amides is 1. The van der Waals surface area contributed by atoms with Crippen molar-refractivity contribution in [1.82, 2.24) is 20.1 Å². The third-order valence-electron chi connectivity index (χ3n) is 2.31.